The molecule has 0 saturated heterocycles. The average molecular weight is 324 g/mol. The van der Waals surface area contributed by atoms with Crippen LogP contribution in [-0.4, -0.2) is 17.2 Å². The summed E-state index contributed by atoms with van der Waals surface area (Å²) >= 11 is 0. The van der Waals surface area contributed by atoms with E-state index in [0.717, 1.165) is 5.56 Å². The number of nitrogens with zero attached hydrogens (tertiary/aromatic N) is 1. The zero-order valence-electron chi connectivity index (χ0n) is 13.0. The molecule has 0 spiro atoms. The molecule has 2 aromatic carbocycles. The number of hydrogen-bond donors (Lipinski definition) is 2. The minimum atomic E-state index is -1.03. The van der Waals surface area contributed by atoms with Crippen molar-refractivity contribution in [1.29, 1.82) is 5.26 Å². The number of hydrogen-bond acceptors (Lipinski definition) is 4. The predicted molar refractivity (Wildman–Crippen MR) is 87.5 cm³/mol. The summed E-state index contributed by atoms with van der Waals surface area (Å²) < 4.78 is 5.12. The largest absolute Gasteiger partial charge is 0.481 e. The van der Waals surface area contributed by atoms with Crippen molar-refractivity contribution in [2.45, 2.75) is 19.4 Å². The number of aliphatic carboxylic acids is 1. The predicted octanol–water partition coefficient (Wildman–Crippen LogP) is 3.50. The highest BCUT2D eigenvalue weighted by atomic mass is 16.5. The fraction of sp³-hybridized carbons (Fsp3) is 0.167. The van der Waals surface area contributed by atoms with Gasteiger partial charge in [-0.05, 0) is 30.2 Å². The standard InChI is InChI=1S/C18H16N2O4/c1-12(17(21)22)15-8-7-14(10-19)9-16(15)20-18(23)24-11-13-5-3-2-4-6-13/h2-9,12H,11H2,1H3,(H,20,23)(H,21,22). The molecule has 122 valence electrons. The molecular formula is C18H16N2O4. The van der Waals surface area contributed by atoms with Crippen molar-refractivity contribution >= 4 is 17.7 Å². The van der Waals surface area contributed by atoms with Gasteiger partial charge in [0.25, 0.3) is 0 Å². The zero-order valence-corrected chi connectivity index (χ0v) is 13.0. The normalized spacial score (nSPS) is 11.2. The zero-order chi connectivity index (χ0) is 17.5. The molecule has 0 aliphatic carbocycles. The van der Waals surface area contributed by atoms with E-state index >= 15 is 0 Å². The molecule has 2 N–H and O–H groups in total. The molecule has 0 fully saturated rings. The number of ether oxygens (including phenoxy) is 1. The van der Waals surface area contributed by atoms with Crippen LogP contribution in [0.15, 0.2) is 48.5 Å². The van der Waals surface area contributed by atoms with Crippen LogP contribution < -0.4 is 5.32 Å². The molecule has 24 heavy (non-hydrogen) atoms. The molecule has 2 rings (SSSR count). The van der Waals surface area contributed by atoms with Gasteiger partial charge in [-0.3, -0.25) is 10.1 Å². The van der Waals surface area contributed by atoms with E-state index < -0.39 is 18.0 Å². The maximum atomic E-state index is 12.0. The lowest BCUT2D eigenvalue weighted by molar-refractivity contribution is -0.138. The van der Waals surface area contributed by atoms with E-state index in [1.807, 2.05) is 36.4 Å². The highest BCUT2D eigenvalue weighted by Crippen LogP contribution is 2.26. The van der Waals surface area contributed by atoms with E-state index in [0.29, 0.717) is 11.1 Å². The number of rotatable bonds is 5. The molecule has 0 aromatic heterocycles. The molecule has 0 heterocycles. The van der Waals surface area contributed by atoms with Gasteiger partial charge in [-0.15, -0.1) is 0 Å². The van der Waals surface area contributed by atoms with Crippen molar-refractivity contribution in [3.8, 4) is 6.07 Å². The van der Waals surface area contributed by atoms with Crippen LogP contribution in [0.4, 0.5) is 10.5 Å². The number of benzene rings is 2. The first kappa shape index (κ1) is 17.0. The number of nitrogens with one attached hydrogen (secondary N) is 1. The Bertz CT molecular complexity index is 781. The smallest absolute Gasteiger partial charge is 0.411 e. The Balaban J connectivity index is 2.13. The van der Waals surface area contributed by atoms with Gasteiger partial charge in [-0.25, -0.2) is 4.79 Å². The highest BCUT2D eigenvalue weighted by Gasteiger charge is 2.19. The molecule has 0 bridgehead atoms. The topological polar surface area (TPSA) is 99.4 Å². The van der Waals surface area contributed by atoms with Crippen molar-refractivity contribution in [3.63, 3.8) is 0 Å². The van der Waals surface area contributed by atoms with Crippen molar-refractivity contribution in [3.05, 3.63) is 65.2 Å². The van der Waals surface area contributed by atoms with Crippen LogP contribution in [0.2, 0.25) is 0 Å². The van der Waals surface area contributed by atoms with Crippen molar-refractivity contribution in [1.82, 2.24) is 0 Å². The highest BCUT2D eigenvalue weighted by molar-refractivity contribution is 5.88. The Morgan fingerprint density at radius 3 is 2.58 bits per heavy atom. The van der Waals surface area contributed by atoms with E-state index in [2.05, 4.69) is 5.32 Å². The van der Waals surface area contributed by atoms with E-state index in [-0.39, 0.29) is 12.3 Å². The second-order valence-corrected chi connectivity index (χ2v) is 5.16. The van der Waals surface area contributed by atoms with Gasteiger partial charge in [0, 0.05) is 5.69 Å². The number of carbonyl (C=O) groups is 2. The molecule has 1 atom stereocenters. The van der Waals surface area contributed by atoms with Crippen molar-refractivity contribution < 1.29 is 19.4 Å². The molecule has 0 radical (unpaired) electrons. The summed E-state index contributed by atoms with van der Waals surface area (Å²) in [6.07, 6.45) is -0.715. The maximum absolute atomic E-state index is 12.0. The Kier molecular flexibility index (Phi) is 5.53. The number of anilines is 1. The molecule has 0 aliphatic heterocycles. The second kappa shape index (κ2) is 7.79. The minimum Gasteiger partial charge on any atom is -0.481 e. The molecule has 0 saturated carbocycles. The van der Waals surface area contributed by atoms with Gasteiger partial charge in [0.1, 0.15) is 6.61 Å². The number of amides is 1. The number of carboxylic acid groups (broad SMARTS) is 1. The van der Waals surface area contributed by atoms with Crippen LogP contribution in [0.25, 0.3) is 0 Å². The van der Waals surface area contributed by atoms with Gasteiger partial charge in [-0.1, -0.05) is 36.4 Å². The third-order valence-electron chi connectivity index (χ3n) is 3.47. The second-order valence-electron chi connectivity index (χ2n) is 5.16. The van der Waals surface area contributed by atoms with E-state index in [9.17, 15) is 9.59 Å². The lowest BCUT2D eigenvalue weighted by atomic mass is 9.98. The molecule has 6 heteroatoms. The van der Waals surface area contributed by atoms with Crippen LogP contribution >= 0.6 is 0 Å². The number of carboxylic acids is 1. The Morgan fingerprint density at radius 1 is 1.25 bits per heavy atom. The minimum absolute atomic E-state index is 0.0917. The monoisotopic (exact) mass is 324 g/mol. The quantitative estimate of drug-likeness (QED) is 0.877. The first-order valence-corrected chi connectivity index (χ1v) is 7.26. The summed E-state index contributed by atoms with van der Waals surface area (Å²) in [6, 6.07) is 15.6. The summed E-state index contributed by atoms with van der Waals surface area (Å²) in [6.45, 7) is 1.60. The Labute approximate surface area is 139 Å². The maximum Gasteiger partial charge on any atom is 0.411 e. The summed E-state index contributed by atoms with van der Waals surface area (Å²) in [4.78, 5) is 23.2. The summed E-state index contributed by atoms with van der Waals surface area (Å²) in [7, 11) is 0. The molecule has 1 amide bonds. The van der Waals surface area contributed by atoms with E-state index in [1.54, 1.807) is 0 Å². The van der Waals surface area contributed by atoms with Gasteiger partial charge in [0.2, 0.25) is 0 Å². The number of nitriles is 1. The first-order chi connectivity index (χ1) is 11.5. The van der Waals surface area contributed by atoms with Crippen LogP contribution in [-0.2, 0) is 16.1 Å². The Hall–Kier alpha value is -3.33. The SMILES string of the molecule is CC(C(=O)O)c1ccc(C#N)cc1NC(=O)OCc1ccccc1. The third-order valence-corrected chi connectivity index (χ3v) is 3.47. The molecule has 6 nitrogen and oxygen atoms in total. The van der Waals surface area contributed by atoms with Gasteiger partial charge in [0.05, 0.1) is 17.6 Å². The first-order valence-electron chi connectivity index (χ1n) is 7.26. The molecule has 2 aromatic rings. The van der Waals surface area contributed by atoms with Crippen LogP contribution in [0.5, 0.6) is 0 Å². The summed E-state index contributed by atoms with van der Waals surface area (Å²) in [5.74, 6) is -1.86. The van der Waals surface area contributed by atoms with Gasteiger partial charge in [0.15, 0.2) is 0 Å². The van der Waals surface area contributed by atoms with Crippen molar-refractivity contribution in [2.75, 3.05) is 5.32 Å². The molecule has 0 aliphatic rings. The van der Waals surface area contributed by atoms with Gasteiger partial charge < -0.3 is 9.84 Å². The fourth-order valence-electron chi connectivity index (χ4n) is 2.11. The average Bonchev–Trinajstić information content (AvgIpc) is 2.60. The van der Waals surface area contributed by atoms with Gasteiger partial charge in [-0.2, -0.15) is 5.26 Å². The van der Waals surface area contributed by atoms with Crippen LogP contribution in [0, 0.1) is 11.3 Å². The van der Waals surface area contributed by atoms with Crippen LogP contribution in [0.1, 0.15) is 29.5 Å². The van der Waals surface area contributed by atoms with Crippen molar-refractivity contribution in [2.24, 2.45) is 0 Å². The lowest BCUT2D eigenvalue weighted by Crippen LogP contribution is -2.17. The molecular weight excluding hydrogens is 308 g/mol. The Morgan fingerprint density at radius 2 is 1.96 bits per heavy atom. The van der Waals surface area contributed by atoms with E-state index in [1.165, 1.54) is 25.1 Å². The summed E-state index contributed by atoms with van der Waals surface area (Å²) in [5.41, 5.74) is 1.80. The van der Waals surface area contributed by atoms with Gasteiger partial charge >= 0.3 is 12.1 Å². The molecule has 1 unspecified atom stereocenters. The number of carbonyl (C=O) groups excluding carboxylic acids is 1. The fourth-order valence-corrected chi connectivity index (χ4v) is 2.11. The summed E-state index contributed by atoms with van der Waals surface area (Å²) in [5, 5.41) is 20.7. The van der Waals surface area contributed by atoms with Crippen LogP contribution in [0.3, 0.4) is 0 Å². The lowest BCUT2D eigenvalue weighted by Gasteiger charge is -2.14. The third kappa shape index (κ3) is 4.34. The van der Waals surface area contributed by atoms with E-state index in [4.69, 9.17) is 15.1 Å².